The lowest BCUT2D eigenvalue weighted by Gasteiger charge is -2.20. The zero-order valence-electron chi connectivity index (χ0n) is 12.2. The van der Waals surface area contributed by atoms with E-state index in [0.29, 0.717) is 6.04 Å². The molecule has 0 heterocycles. The van der Waals surface area contributed by atoms with Gasteiger partial charge in [0.05, 0.1) is 0 Å². The molecule has 0 saturated carbocycles. The van der Waals surface area contributed by atoms with E-state index in [4.69, 9.17) is 11.6 Å². The van der Waals surface area contributed by atoms with Gasteiger partial charge in [-0.3, -0.25) is 0 Å². The molecular formula is C16H25BrClN. The van der Waals surface area contributed by atoms with E-state index in [-0.39, 0.29) is 0 Å². The first-order valence-corrected chi connectivity index (χ1v) is 8.37. The summed E-state index contributed by atoms with van der Waals surface area (Å²) in [6, 6.07) is 6.77. The Balaban J connectivity index is 2.54. The van der Waals surface area contributed by atoms with Crippen LogP contribution < -0.4 is 5.32 Å². The van der Waals surface area contributed by atoms with Crippen LogP contribution in [-0.4, -0.2) is 12.6 Å². The second-order valence-corrected chi connectivity index (χ2v) is 6.88. The average molecular weight is 347 g/mol. The molecule has 0 radical (unpaired) electrons. The summed E-state index contributed by atoms with van der Waals surface area (Å²) in [5, 5.41) is 4.52. The first-order valence-electron chi connectivity index (χ1n) is 7.20. The van der Waals surface area contributed by atoms with Gasteiger partial charge < -0.3 is 5.32 Å². The van der Waals surface area contributed by atoms with Gasteiger partial charge in [-0.2, -0.15) is 0 Å². The van der Waals surface area contributed by atoms with E-state index in [9.17, 15) is 0 Å². The number of rotatable bonds is 8. The zero-order chi connectivity index (χ0) is 14.3. The van der Waals surface area contributed by atoms with Crippen molar-refractivity contribution in [2.24, 2.45) is 5.92 Å². The lowest BCUT2D eigenvalue weighted by Crippen LogP contribution is -2.31. The molecule has 1 nitrogen and oxygen atoms in total. The van der Waals surface area contributed by atoms with Gasteiger partial charge in [0, 0.05) is 15.5 Å². The summed E-state index contributed by atoms with van der Waals surface area (Å²) in [6.07, 6.45) is 4.61. The molecule has 1 atom stereocenters. The van der Waals surface area contributed by atoms with Gasteiger partial charge in [0.25, 0.3) is 0 Å². The predicted molar refractivity (Wildman–Crippen MR) is 89.0 cm³/mol. The van der Waals surface area contributed by atoms with Crippen LogP contribution in [-0.2, 0) is 6.42 Å². The summed E-state index contributed by atoms with van der Waals surface area (Å²) < 4.78 is 1.05. The Kier molecular flexibility index (Phi) is 8.05. The van der Waals surface area contributed by atoms with E-state index in [2.05, 4.69) is 54.2 Å². The SMILES string of the molecule is CCCNC(CCc1ccc(Br)cc1Cl)CC(C)C. The van der Waals surface area contributed by atoms with Crippen LogP contribution in [0.3, 0.4) is 0 Å². The second-order valence-electron chi connectivity index (χ2n) is 5.56. The van der Waals surface area contributed by atoms with Crippen LogP contribution in [0.5, 0.6) is 0 Å². The van der Waals surface area contributed by atoms with E-state index >= 15 is 0 Å². The Hall–Kier alpha value is -0.0500. The minimum atomic E-state index is 0.597. The normalized spacial score (nSPS) is 12.9. The van der Waals surface area contributed by atoms with Crippen molar-refractivity contribution < 1.29 is 0 Å². The van der Waals surface area contributed by atoms with Crippen LogP contribution in [0.25, 0.3) is 0 Å². The van der Waals surface area contributed by atoms with E-state index in [1.54, 1.807) is 0 Å². The first-order chi connectivity index (χ1) is 9.02. The second kappa shape index (κ2) is 8.99. The third-order valence-corrected chi connectivity index (χ3v) is 4.06. The lowest BCUT2D eigenvalue weighted by atomic mass is 9.97. The number of halogens is 2. The Labute approximate surface area is 131 Å². The summed E-state index contributed by atoms with van der Waals surface area (Å²) in [6.45, 7) is 7.89. The molecule has 1 N–H and O–H groups in total. The van der Waals surface area contributed by atoms with Crippen LogP contribution >= 0.6 is 27.5 Å². The van der Waals surface area contributed by atoms with Crippen LogP contribution in [0.1, 0.15) is 45.6 Å². The molecule has 1 aromatic rings. The highest BCUT2D eigenvalue weighted by molar-refractivity contribution is 9.10. The van der Waals surface area contributed by atoms with Crippen LogP contribution in [0.4, 0.5) is 0 Å². The van der Waals surface area contributed by atoms with Crippen molar-refractivity contribution in [2.75, 3.05) is 6.54 Å². The van der Waals surface area contributed by atoms with E-state index in [1.165, 1.54) is 18.4 Å². The fourth-order valence-corrected chi connectivity index (χ4v) is 3.04. The summed E-state index contributed by atoms with van der Waals surface area (Å²) >= 11 is 9.72. The Morgan fingerprint density at radius 2 is 2.05 bits per heavy atom. The molecule has 0 aliphatic carbocycles. The van der Waals surface area contributed by atoms with Crippen LogP contribution in [0.2, 0.25) is 5.02 Å². The number of aryl methyl sites for hydroxylation is 1. The maximum Gasteiger partial charge on any atom is 0.0449 e. The molecular weight excluding hydrogens is 322 g/mol. The number of nitrogens with one attached hydrogen (secondary N) is 1. The Bertz CT molecular complexity index is 379. The largest absolute Gasteiger partial charge is 0.314 e. The molecule has 0 aliphatic rings. The highest BCUT2D eigenvalue weighted by Crippen LogP contribution is 2.23. The molecule has 19 heavy (non-hydrogen) atoms. The van der Waals surface area contributed by atoms with Gasteiger partial charge in [-0.15, -0.1) is 0 Å². The van der Waals surface area contributed by atoms with Gasteiger partial charge in [0.15, 0.2) is 0 Å². The minimum Gasteiger partial charge on any atom is -0.314 e. The van der Waals surface area contributed by atoms with Gasteiger partial charge in [-0.05, 0) is 55.8 Å². The molecule has 1 unspecified atom stereocenters. The van der Waals surface area contributed by atoms with E-state index < -0.39 is 0 Å². The zero-order valence-corrected chi connectivity index (χ0v) is 14.5. The van der Waals surface area contributed by atoms with Gasteiger partial charge in [0.2, 0.25) is 0 Å². The topological polar surface area (TPSA) is 12.0 Å². The highest BCUT2D eigenvalue weighted by atomic mass is 79.9. The third kappa shape index (κ3) is 6.78. The molecule has 0 bridgehead atoms. The van der Waals surface area contributed by atoms with Gasteiger partial charge >= 0.3 is 0 Å². The average Bonchev–Trinajstić information content (AvgIpc) is 2.33. The number of benzene rings is 1. The Morgan fingerprint density at radius 3 is 2.63 bits per heavy atom. The van der Waals surface area contributed by atoms with Gasteiger partial charge in [0.1, 0.15) is 0 Å². The smallest absolute Gasteiger partial charge is 0.0449 e. The van der Waals surface area contributed by atoms with Gasteiger partial charge in [-0.1, -0.05) is 54.4 Å². The number of hydrogen-bond donors (Lipinski definition) is 1. The van der Waals surface area contributed by atoms with E-state index in [1.807, 2.05) is 6.07 Å². The quantitative estimate of drug-likeness (QED) is 0.660. The molecule has 0 aliphatic heterocycles. The molecule has 3 heteroatoms. The molecule has 0 fully saturated rings. The van der Waals surface area contributed by atoms with Gasteiger partial charge in [-0.25, -0.2) is 0 Å². The standard InChI is InChI=1S/C16H25BrClN/c1-4-9-19-15(10-12(2)3)8-6-13-5-7-14(17)11-16(13)18/h5,7,11-12,15,19H,4,6,8-10H2,1-3H3. The monoisotopic (exact) mass is 345 g/mol. The van der Waals surface area contributed by atoms with Crippen molar-refractivity contribution in [1.82, 2.24) is 5.32 Å². The predicted octanol–water partition coefficient (Wildman–Crippen LogP) is 5.45. The molecule has 0 saturated heterocycles. The van der Waals surface area contributed by atoms with Crippen LogP contribution in [0.15, 0.2) is 22.7 Å². The summed E-state index contributed by atoms with van der Waals surface area (Å²) in [5.74, 6) is 0.731. The minimum absolute atomic E-state index is 0.597. The van der Waals surface area contributed by atoms with Crippen molar-refractivity contribution >= 4 is 27.5 Å². The fraction of sp³-hybridized carbons (Fsp3) is 0.625. The Morgan fingerprint density at radius 1 is 1.32 bits per heavy atom. The molecule has 0 spiro atoms. The summed E-state index contributed by atoms with van der Waals surface area (Å²) in [4.78, 5) is 0. The van der Waals surface area contributed by atoms with Crippen molar-refractivity contribution in [1.29, 1.82) is 0 Å². The molecule has 0 aromatic heterocycles. The highest BCUT2D eigenvalue weighted by Gasteiger charge is 2.11. The third-order valence-electron chi connectivity index (χ3n) is 3.22. The van der Waals surface area contributed by atoms with E-state index in [0.717, 1.165) is 34.8 Å². The molecule has 0 amide bonds. The first kappa shape index (κ1) is 17.0. The van der Waals surface area contributed by atoms with Crippen molar-refractivity contribution in [3.8, 4) is 0 Å². The number of hydrogen-bond acceptors (Lipinski definition) is 1. The maximum absolute atomic E-state index is 6.27. The van der Waals surface area contributed by atoms with Crippen molar-refractivity contribution in [2.45, 2.75) is 52.5 Å². The fourth-order valence-electron chi connectivity index (χ4n) is 2.27. The maximum atomic E-state index is 6.27. The summed E-state index contributed by atoms with van der Waals surface area (Å²) in [5.41, 5.74) is 1.25. The molecule has 108 valence electrons. The van der Waals surface area contributed by atoms with Crippen LogP contribution in [0, 0.1) is 5.92 Å². The molecule has 1 aromatic carbocycles. The van der Waals surface area contributed by atoms with Crippen molar-refractivity contribution in [3.05, 3.63) is 33.3 Å². The lowest BCUT2D eigenvalue weighted by molar-refractivity contribution is 0.398. The van der Waals surface area contributed by atoms with Crippen molar-refractivity contribution in [3.63, 3.8) is 0 Å². The summed E-state index contributed by atoms with van der Waals surface area (Å²) in [7, 11) is 0. The molecule has 1 rings (SSSR count).